The highest BCUT2D eigenvalue weighted by Gasteiger charge is 2.31. The van der Waals surface area contributed by atoms with Gasteiger partial charge in [0.25, 0.3) is 0 Å². The second kappa shape index (κ2) is 5.11. The van der Waals surface area contributed by atoms with E-state index in [1.807, 2.05) is 0 Å². The molecular weight excluding hydrogens is 249 g/mol. The van der Waals surface area contributed by atoms with Crippen molar-refractivity contribution in [2.75, 3.05) is 13.2 Å². The second-order valence-corrected chi connectivity index (χ2v) is 4.15. The Kier molecular flexibility index (Phi) is 3.72. The molecule has 7 heteroatoms. The number of halogens is 3. The van der Waals surface area contributed by atoms with Crippen LogP contribution in [0.5, 0.6) is 5.88 Å². The molecule has 0 aliphatic carbocycles. The number of ether oxygens (including phenoxy) is 1. The van der Waals surface area contributed by atoms with E-state index < -0.39 is 11.7 Å². The zero-order valence-corrected chi connectivity index (χ0v) is 9.44. The van der Waals surface area contributed by atoms with Crippen LogP contribution >= 0.6 is 0 Å². The lowest BCUT2D eigenvalue weighted by molar-refractivity contribution is -0.137. The predicted molar refractivity (Wildman–Crippen MR) is 57.1 cm³/mol. The lowest BCUT2D eigenvalue weighted by atomic mass is 10.2. The fourth-order valence-electron chi connectivity index (χ4n) is 1.80. The van der Waals surface area contributed by atoms with Crippen molar-refractivity contribution in [2.45, 2.75) is 24.7 Å². The third-order valence-electron chi connectivity index (χ3n) is 2.75. The Morgan fingerprint density at radius 2 is 2.22 bits per heavy atom. The molecule has 2 atom stereocenters. The molecule has 0 saturated carbocycles. The molecule has 1 aromatic rings. The summed E-state index contributed by atoms with van der Waals surface area (Å²) in [5, 5.41) is 11.9. The molecule has 0 bridgehead atoms. The van der Waals surface area contributed by atoms with Gasteiger partial charge in [-0.15, -0.1) is 0 Å². The Balaban J connectivity index is 1.95. The highest BCUT2D eigenvalue weighted by atomic mass is 19.4. The third-order valence-corrected chi connectivity index (χ3v) is 2.75. The van der Waals surface area contributed by atoms with Gasteiger partial charge < -0.3 is 15.2 Å². The summed E-state index contributed by atoms with van der Waals surface area (Å²) in [5.74, 6) is 0.161. The Bertz CT molecular complexity index is 394. The molecule has 100 valence electrons. The molecule has 18 heavy (non-hydrogen) atoms. The smallest absolute Gasteiger partial charge is 0.417 e. The summed E-state index contributed by atoms with van der Waals surface area (Å²) in [6.45, 7) is 0.564. The first kappa shape index (κ1) is 13.1. The van der Waals surface area contributed by atoms with Crippen LogP contribution in [0.25, 0.3) is 0 Å². The van der Waals surface area contributed by atoms with Crippen LogP contribution in [0, 0.1) is 0 Å². The predicted octanol–water partition coefficient (Wildman–Crippen LogP) is 1.20. The highest BCUT2D eigenvalue weighted by Crippen LogP contribution is 2.29. The summed E-state index contributed by atoms with van der Waals surface area (Å²) >= 11 is 0. The summed E-state index contributed by atoms with van der Waals surface area (Å²) in [6.07, 6.45) is -3.20. The van der Waals surface area contributed by atoms with E-state index in [0.717, 1.165) is 12.3 Å². The minimum atomic E-state index is -4.39. The van der Waals surface area contributed by atoms with Crippen molar-refractivity contribution >= 4 is 0 Å². The molecule has 0 amide bonds. The van der Waals surface area contributed by atoms with Gasteiger partial charge in [0.15, 0.2) is 0 Å². The van der Waals surface area contributed by atoms with Crippen molar-refractivity contribution in [3.63, 3.8) is 0 Å². The maximum absolute atomic E-state index is 12.3. The molecule has 1 aromatic heterocycles. The zero-order chi connectivity index (χ0) is 13.2. The van der Waals surface area contributed by atoms with Crippen molar-refractivity contribution in [3.05, 3.63) is 23.9 Å². The SMILES string of the molecule is OC[C@@H]1C[C@H](Oc2ccc(C(F)(F)F)cn2)CN1. The van der Waals surface area contributed by atoms with Gasteiger partial charge in [0.1, 0.15) is 6.10 Å². The molecule has 1 aliphatic rings. The molecular formula is C11H13F3N2O2. The first-order chi connectivity index (χ1) is 8.49. The molecule has 4 nitrogen and oxygen atoms in total. The summed E-state index contributed by atoms with van der Waals surface area (Å²) in [5.41, 5.74) is -0.798. The van der Waals surface area contributed by atoms with Crippen molar-refractivity contribution in [1.82, 2.24) is 10.3 Å². The first-order valence-corrected chi connectivity index (χ1v) is 5.53. The van der Waals surface area contributed by atoms with Crippen LogP contribution < -0.4 is 10.1 Å². The number of nitrogens with zero attached hydrogens (tertiary/aromatic N) is 1. The minimum absolute atomic E-state index is 0.0142. The second-order valence-electron chi connectivity index (χ2n) is 4.15. The number of hydrogen-bond donors (Lipinski definition) is 2. The summed E-state index contributed by atoms with van der Waals surface area (Å²) in [6, 6.07) is 2.12. The lowest BCUT2D eigenvalue weighted by Gasteiger charge is -2.12. The average Bonchev–Trinajstić information content (AvgIpc) is 2.76. The molecule has 0 radical (unpaired) electrons. The molecule has 1 fully saturated rings. The standard InChI is InChI=1S/C11H13F3N2O2/c12-11(13,14)7-1-2-10(16-4-7)18-9-3-8(6-17)15-5-9/h1-2,4,8-9,15,17H,3,5-6H2/t8-,9-/m0/s1. The fourth-order valence-corrected chi connectivity index (χ4v) is 1.80. The molecule has 2 rings (SSSR count). The minimum Gasteiger partial charge on any atom is -0.473 e. The van der Waals surface area contributed by atoms with E-state index in [1.54, 1.807) is 0 Å². The van der Waals surface area contributed by atoms with Gasteiger partial charge in [0, 0.05) is 31.3 Å². The molecule has 2 heterocycles. The molecule has 0 spiro atoms. The van der Waals surface area contributed by atoms with Gasteiger partial charge in [-0.3, -0.25) is 0 Å². The third kappa shape index (κ3) is 3.11. The van der Waals surface area contributed by atoms with E-state index >= 15 is 0 Å². The topological polar surface area (TPSA) is 54.4 Å². The number of rotatable bonds is 3. The monoisotopic (exact) mass is 262 g/mol. The van der Waals surface area contributed by atoms with E-state index in [-0.39, 0.29) is 24.6 Å². The Morgan fingerprint density at radius 1 is 1.44 bits per heavy atom. The molecule has 2 N–H and O–H groups in total. The molecule has 1 aliphatic heterocycles. The number of pyridine rings is 1. The number of alkyl halides is 3. The molecule has 1 saturated heterocycles. The van der Waals surface area contributed by atoms with E-state index in [0.29, 0.717) is 13.0 Å². The van der Waals surface area contributed by atoms with Gasteiger partial charge >= 0.3 is 6.18 Å². The summed E-state index contributed by atoms with van der Waals surface area (Å²) in [4.78, 5) is 3.63. The van der Waals surface area contributed by atoms with Crippen LogP contribution in [0.1, 0.15) is 12.0 Å². The fraction of sp³-hybridized carbons (Fsp3) is 0.545. The van der Waals surface area contributed by atoms with E-state index in [2.05, 4.69) is 10.3 Å². The van der Waals surface area contributed by atoms with Crippen molar-refractivity contribution < 1.29 is 23.0 Å². The van der Waals surface area contributed by atoms with Crippen LogP contribution in [0.4, 0.5) is 13.2 Å². The summed E-state index contributed by atoms with van der Waals surface area (Å²) < 4.78 is 42.3. The Labute approximate surface area is 102 Å². The number of aliphatic hydroxyl groups is 1. The Morgan fingerprint density at radius 3 is 2.72 bits per heavy atom. The van der Waals surface area contributed by atoms with Gasteiger partial charge in [0.05, 0.1) is 12.2 Å². The van der Waals surface area contributed by atoms with Crippen molar-refractivity contribution in [1.29, 1.82) is 0 Å². The van der Waals surface area contributed by atoms with Crippen LogP contribution in [0.3, 0.4) is 0 Å². The van der Waals surface area contributed by atoms with Gasteiger partial charge in [-0.2, -0.15) is 13.2 Å². The van der Waals surface area contributed by atoms with Gasteiger partial charge in [0.2, 0.25) is 5.88 Å². The number of aliphatic hydroxyl groups excluding tert-OH is 1. The van der Waals surface area contributed by atoms with Crippen LogP contribution in [-0.2, 0) is 6.18 Å². The van der Waals surface area contributed by atoms with Gasteiger partial charge in [-0.05, 0) is 6.07 Å². The van der Waals surface area contributed by atoms with Crippen LogP contribution in [0.2, 0.25) is 0 Å². The van der Waals surface area contributed by atoms with E-state index in [1.165, 1.54) is 6.07 Å². The highest BCUT2D eigenvalue weighted by molar-refractivity contribution is 5.20. The number of hydrogen-bond acceptors (Lipinski definition) is 4. The maximum Gasteiger partial charge on any atom is 0.417 e. The Hall–Kier alpha value is -1.34. The lowest BCUT2D eigenvalue weighted by Crippen LogP contribution is -2.25. The van der Waals surface area contributed by atoms with E-state index in [9.17, 15) is 13.2 Å². The maximum atomic E-state index is 12.3. The molecule has 0 aromatic carbocycles. The summed E-state index contributed by atoms with van der Waals surface area (Å²) in [7, 11) is 0. The van der Waals surface area contributed by atoms with Crippen molar-refractivity contribution in [3.8, 4) is 5.88 Å². The van der Waals surface area contributed by atoms with Crippen LogP contribution in [-0.4, -0.2) is 35.4 Å². The van der Waals surface area contributed by atoms with Gasteiger partial charge in [-0.1, -0.05) is 0 Å². The average molecular weight is 262 g/mol. The largest absolute Gasteiger partial charge is 0.473 e. The quantitative estimate of drug-likeness (QED) is 0.859. The number of nitrogens with one attached hydrogen (secondary N) is 1. The zero-order valence-electron chi connectivity index (χ0n) is 9.44. The first-order valence-electron chi connectivity index (χ1n) is 5.53. The van der Waals surface area contributed by atoms with E-state index in [4.69, 9.17) is 9.84 Å². The number of aromatic nitrogens is 1. The van der Waals surface area contributed by atoms with Crippen molar-refractivity contribution in [2.24, 2.45) is 0 Å². The van der Waals surface area contributed by atoms with Gasteiger partial charge in [-0.25, -0.2) is 4.98 Å². The van der Waals surface area contributed by atoms with Crippen LogP contribution in [0.15, 0.2) is 18.3 Å². The normalized spacial score (nSPS) is 24.2. The molecule has 0 unspecified atom stereocenters.